The van der Waals surface area contributed by atoms with Crippen LogP contribution in [0.3, 0.4) is 0 Å². The van der Waals surface area contributed by atoms with Gasteiger partial charge in [0.1, 0.15) is 11.8 Å². The number of unbranched alkanes of at least 4 members (excludes halogenated alkanes) is 2. The summed E-state index contributed by atoms with van der Waals surface area (Å²) in [5.41, 5.74) is 7.19. The van der Waals surface area contributed by atoms with Crippen LogP contribution in [0.2, 0.25) is 0 Å². The Bertz CT molecular complexity index is 467. The number of fused-ring (bicyclic) bond motifs is 1. The van der Waals surface area contributed by atoms with Crippen LogP contribution in [-0.2, 0) is 6.54 Å². The lowest BCUT2D eigenvalue weighted by atomic mass is 10.2. The average molecular weight is 240 g/mol. The molecule has 5 nitrogen and oxygen atoms in total. The fourth-order valence-electron chi connectivity index (χ4n) is 1.62. The summed E-state index contributed by atoms with van der Waals surface area (Å²) in [6.07, 6.45) is 6.46. The van der Waals surface area contributed by atoms with E-state index < -0.39 is 0 Å². The van der Waals surface area contributed by atoms with Crippen LogP contribution < -0.4 is 5.73 Å². The molecule has 2 aromatic heterocycles. The molecule has 0 saturated heterocycles. The second-order valence-electron chi connectivity index (χ2n) is 3.62. The predicted octanol–water partition coefficient (Wildman–Crippen LogP) is 1.82. The Labute approximate surface area is 98.7 Å². The monoisotopic (exact) mass is 239 g/mol. The van der Waals surface area contributed by atoms with Gasteiger partial charge in [0, 0.05) is 12.4 Å². The summed E-state index contributed by atoms with van der Waals surface area (Å²) in [5.74, 6) is 1.16. The molecule has 0 amide bonds. The van der Waals surface area contributed by atoms with Crippen molar-refractivity contribution in [2.45, 2.75) is 25.8 Å². The second kappa shape index (κ2) is 5.12. The Kier molecular flexibility index (Phi) is 3.56. The molecule has 0 fully saturated rings. The van der Waals surface area contributed by atoms with Crippen molar-refractivity contribution >= 4 is 28.6 Å². The molecule has 0 aliphatic heterocycles. The first kappa shape index (κ1) is 11.1. The molecular formula is C10H14ClN5. The van der Waals surface area contributed by atoms with E-state index in [1.165, 1.54) is 6.33 Å². The number of aryl methyl sites for hydroxylation is 1. The Morgan fingerprint density at radius 2 is 2.06 bits per heavy atom. The van der Waals surface area contributed by atoms with E-state index in [0.29, 0.717) is 11.3 Å². The fraction of sp³-hybridized carbons (Fsp3) is 0.500. The van der Waals surface area contributed by atoms with E-state index in [1.54, 1.807) is 6.33 Å². The largest absolute Gasteiger partial charge is 0.382 e. The van der Waals surface area contributed by atoms with Gasteiger partial charge in [0.25, 0.3) is 0 Å². The zero-order valence-corrected chi connectivity index (χ0v) is 9.69. The topological polar surface area (TPSA) is 69.6 Å². The molecule has 0 bridgehead atoms. The van der Waals surface area contributed by atoms with E-state index in [1.807, 2.05) is 4.57 Å². The number of hydrogen-bond acceptors (Lipinski definition) is 4. The zero-order chi connectivity index (χ0) is 11.4. The molecule has 2 rings (SSSR count). The van der Waals surface area contributed by atoms with E-state index in [4.69, 9.17) is 17.3 Å². The van der Waals surface area contributed by atoms with Gasteiger partial charge < -0.3 is 10.3 Å². The van der Waals surface area contributed by atoms with Crippen LogP contribution in [0.5, 0.6) is 0 Å². The Morgan fingerprint density at radius 1 is 1.19 bits per heavy atom. The molecule has 0 atom stereocenters. The van der Waals surface area contributed by atoms with Gasteiger partial charge in [-0.1, -0.05) is 6.42 Å². The van der Waals surface area contributed by atoms with Crippen molar-refractivity contribution in [1.29, 1.82) is 0 Å². The van der Waals surface area contributed by atoms with Crippen molar-refractivity contribution in [3.05, 3.63) is 12.7 Å². The molecule has 2 N–H and O–H groups in total. The van der Waals surface area contributed by atoms with Gasteiger partial charge in [-0.15, -0.1) is 11.6 Å². The van der Waals surface area contributed by atoms with Gasteiger partial charge in [-0.3, -0.25) is 0 Å². The maximum absolute atomic E-state index is 5.70. The number of nitrogens with zero attached hydrogens (tertiary/aromatic N) is 4. The van der Waals surface area contributed by atoms with Crippen LogP contribution in [0.1, 0.15) is 19.3 Å². The molecule has 0 saturated carbocycles. The quantitative estimate of drug-likeness (QED) is 0.638. The number of halogens is 1. The highest BCUT2D eigenvalue weighted by molar-refractivity contribution is 6.17. The number of nitrogens with two attached hydrogens (primary N) is 1. The number of anilines is 1. The van der Waals surface area contributed by atoms with Crippen LogP contribution in [0.4, 0.5) is 5.82 Å². The molecule has 2 aromatic rings. The van der Waals surface area contributed by atoms with E-state index in [0.717, 1.165) is 37.3 Å². The van der Waals surface area contributed by atoms with Gasteiger partial charge in [0.2, 0.25) is 0 Å². The summed E-state index contributed by atoms with van der Waals surface area (Å²) in [7, 11) is 0. The summed E-state index contributed by atoms with van der Waals surface area (Å²) in [6, 6.07) is 0. The van der Waals surface area contributed by atoms with Crippen molar-refractivity contribution in [1.82, 2.24) is 19.5 Å². The van der Waals surface area contributed by atoms with Crippen molar-refractivity contribution in [2.75, 3.05) is 11.6 Å². The van der Waals surface area contributed by atoms with Crippen molar-refractivity contribution in [3.63, 3.8) is 0 Å². The van der Waals surface area contributed by atoms with E-state index in [2.05, 4.69) is 15.0 Å². The van der Waals surface area contributed by atoms with E-state index >= 15 is 0 Å². The SMILES string of the molecule is Nc1ncnc2c1ncn2CCCCCCl. The average Bonchev–Trinajstić information content (AvgIpc) is 2.70. The minimum atomic E-state index is 0.435. The van der Waals surface area contributed by atoms with Crippen LogP contribution in [-0.4, -0.2) is 25.4 Å². The normalized spacial score (nSPS) is 11.1. The van der Waals surface area contributed by atoms with Gasteiger partial charge in [0.05, 0.1) is 6.33 Å². The number of rotatable bonds is 5. The molecule has 2 heterocycles. The Hall–Kier alpha value is -1.36. The van der Waals surface area contributed by atoms with Crippen molar-refractivity contribution in [2.24, 2.45) is 0 Å². The summed E-state index contributed by atoms with van der Waals surface area (Å²) < 4.78 is 2.00. The van der Waals surface area contributed by atoms with Gasteiger partial charge >= 0.3 is 0 Å². The number of hydrogen-bond donors (Lipinski definition) is 1. The standard InChI is InChI=1S/C10H14ClN5/c11-4-2-1-3-5-16-7-15-8-9(12)13-6-14-10(8)16/h6-7H,1-5H2,(H2,12,13,14). The van der Waals surface area contributed by atoms with Gasteiger partial charge in [0.15, 0.2) is 11.5 Å². The smallest absolute Gasteiger partial charge is 0.165 e. The first-order valence-corrected chi connectivity index (χ1v) is 5.83. The van der Waals surface area contributed by atoms with Gasteiger partial charge in [-0.05, 0) is 12.8 Å². The molecular weight excluding hydrogens is 226 g/mol. The highest BCUT2D eigenvalue weighted by Crippen LogP contribution is 2.14. The third-order valence-electron chi connectivity index (χ3n) is 2.46. The van der Waals surface area contributed by atoms with E-state index in [-0.39, 0.29) is 0 Å². The van der Waals surface area contributed by atoms with Gasteiger partial charge in [-0.2, -0.15) is 0 Å². The van der Waals surface area contributed by atoms with E-state index in [9.17, 15) is 0 Å². The Balaban J connectivity index is 2.10. The van der Waals surface area contributed by atoms with Crippen LogP contribution >= 0.6 is 11.6 Å². The summed E-state index contributed by atoms with van der Waals surface area (Å²) >= 11 is 5.62. The van der Waals surface area contributed by atoms with Crippen molar-refractivity contribution < 1.29 is 0 Å². The number of nitrogen functional groups attached to an aromatic ring is 1. The highest BCUT2D eigenvalue weighted by Gasteiger charge is 2.06. The summed E-state index contributed by atoms with van der Waals surface area (Å²) in [4.78, 5) is 12.3. The van der Waals surface area contributed by atoms with Crippen LogP contribution in [0.25, 0.3) is 11.2 Å². The first-order valence-electron chi connectivity index (χ1n) is 5.30. The molecule has 0 aromatic carbocycles. The Morgan fingerprint density at radius 3 is 2.88 bits per heavy atom. The molecule has 0 unspecified atom stereocenters. The van der Waals surface area contributed by atoms with Crippen LogP contribution in [0, 0.1) is 0 Å². The maximum atomic E-state index is 5.70. The lowest BCUT2D eigenvalue weighted by Gasteiger charge is -2.02. The molecule has 0 aliphatic rings. The third-order valence-corrected chi connectivity index (χ3v) is 2.73. The summed E-state index contributed by atoms with van der Waals surface area (Å²) in [5, 5.41) is 0. The second-order valence-corrected chi connectivity index (χ2v) is 4.00. The highest BCUT2D eigenvalue weighted by atomic mass is 35.5. The molecule has 16 heavy (non-hydrogen) atoms. The minimum Gasteiger partial charge on any atom is -0.382 e. The number of imidazole rings is 1. The van der Waals surface area contributed by atoms with Gasteiger partial charge in [-0.25, -0.2) is 15.0 Å². The number of alkyl halides is 1. The predicted molar refractivity (Wildman–Crippen MR) is 64.3 cm³/mol. The van der Waals surface area contributed by atoms with Crippen molar-refractivity contribution in [3.8, 4) is 0 Å². The molecule has 0 aliphatic carbocycles. The van der Waals surface area contributed by atoms with Crippen LogP contribution in [0.15, 0.2) is 12.7 Å². The first-order chi connectivity index (χ1) is 7.83. The molecule has 86 valence electrons. The number of aromatic nitrogens is 4. The lowest BCUT2D eigenvalue weighted by Crippen LogP contribution is -1.99. The zero-order valence-electron chi connectivity index (χ0n) is 8.93. The third kappa shape index (κ3) is 2.24. The minimum absolute atomic E-state index is 0.435. The summed E-state index contributed by atoms with van der Waals surface area (Å²) in [6.45, 7) is 0.893. The fourth-order valence-corrected chi connectivity index (χ4v) is 1.80. The maximum Gasteiger partial charge on any atom is 0.165 e. The lowest BCUT2D eigenvalue weighted by molar-refractivity contribution is 0.611. The molecule has 0 radical (unpaired) electrons. The molecule has 0 spiro atoms. The molecule has 6 heteroatoms.